The maximum absolute atomic E-state index is 4.43. The van der Waals surface area contributed by atoms with E-state index in [4.69, 9.17) is 0 Å². The van der Waals surface area contributed by atoms with Gasteiger partial charge in [-0.2, -0.15) is 5.10 Å². The van der Waals surface area contributed by atoms with E-state index in [1.54, 1.807) is 0 Å². The molecular weight excluding hydrogens is 224 g/mol. The van der Waals surface area contributed by atoms with Crippen LogP contribution in [-0.4, -0.2) is 36.4 Å². The van der Waals surface area contributed by atoms with Crippen molar-refractivity contribution in [2.45, 2.75) is 20.8 Å². The van der Waals surface area contributed by atoms with E-state index < -0.39 is 0 Å². The lowest BCUT2D eigenvalue weighted by Crippen LogP contribution is -2.43. The Morgan fingerprint density at radius 2 is 1.89 bits per heavy atom. The Labute approximate surface area is 108 Å². The van der Waals surface area contributed by atoms with Crippen LogP contribution in [0.2, 0.25) is 0 Å². The van der Waals surface area contributed by atoms with Crippen LogP contribution in [0.5, 0.6) is 0 Å². The van der Waals surface area contributed by atoms with E-state index in [0.717, 1.165) is 37.5 Å². The van der Waals surface area contributed by atoms with Crippen molar-refractivity contribution in [2.24, 2.45) is 0 Å². The third kappa shape index (κ3) is 2.48. The Morgan fingerprint density at radius 3 is 2.61 bits per heavy atom. The molecule has 1 aromatic carbocycles. The molecule has 0 saturated carbocycles. The number of hydrogen-bond acceptors (Lipinski definition) is 3. The fourth-order valence-corrected chi connectivity index (χ4v) is 2.23. The SMILES string of the molecule is CC.Cc1ccc2[nH]nc(N3CCNCC3)c2c1. The summed E-state index contributed by atoms with van der Waals surface area (Å²) in [5, 5.41) is 12.1. The highest BCUT2D eigenvalue weighted by molar-refractivity contribution is 5.90. The van der Waals surface area contributed by atoms with Crippen LogP contribution >= 0.6 is 0 Å². The van der Waals surface area contributed by atoms with Crippen molar-refractivity contribution in [1.82, 2.24) is 15.5 Å². The van der Waals surface area contributed by atoms with Crippen molar-refractivity contribution in [1.29, 1.82) is 0 Å². The molecule has 0 spiro atoms. The lowest BCUT2D eigenvalue weighted by atomic mass is 10.1. The lowest BCUT2D eigenvalue weighted by Gasteiger charge is -2.27. The fourth-order valence-electron chi connectivity index (χ4n) is 2.23. The fraction of sp³-hybridized carbons (Fsp3) is 0.500. The number of rotatable bonds is 1. The van der Waals surface area contributed by atoms with E-state index in [2.05, 4.69) is 45.5 Å². The van der Waals surface area contributed by atoms with Crippen LogP contribution in [0.25, 0.3) is 10.9 Å². The molecule has 0 amide bonds. The molecule has 3 rings (SSSR count). The number of benzene rings is 1. The molecule has 2 aromatic rings. The minimum absolute atomic E-state index is 1.04. The van der Waals surface area contributed by atoms with Gasteiger partial charge in [0.1, 0.15) is 0 Å². The Bertz CT molecular complexity index is 497. The highest BCUT2D eigenvalue weighted by Crippen LogP contribution is 2.24. The second kappa shape index (κ2) is 5.87. The van der Waals surface area contributed by atoms with E-state index in [1.807, 2.05) is 13.8 Å². The Balaban J connectivity index is 0.000000574. The largest absolute Gasteiger partial charge is 0.352 e. The monoisotopic (exact) mass is 246 g/mol. The second-order valence-corrected chi connectivity index (χ2v) is 4.33. The summed E-state index contributed by atoms with van der Waals surface area (Å²) in [6.07, 6.45) is 0. The van der Waals surface area contributed by atoms with Crippen molar-refractivity contribution >= 4 is 16.7 Å². The van der Waals surface area contributed by atoms with Crippen LogP contribution in [0.3, 0.4) is 0 Å². The van der Waals surface area contributed by atoms with Gasteiger partial charge in [-0.15, -0.1) is 0 Å². The summed E-state index contributed by atoms with van der Waals surface area (Å²) in [7, 11) is 0. The molecule has 18 heavy (non-hydrogen) atoms. The van der Waals surface area contributed by atoms with Crippen LogP contribution in [0, 0.1) is 6.92 Å². The highest BCUT2D eigenvalue weighted by atomic mass is 15.3. The predicted molar refractivity (Wildman–Crippen MR) is 77.3 cm³/mol. The molecule has 1 aromatic heterocycles. The maximum Gasteiger partial charge on any atom is 0.158 e. The number of piperazine rings is 1. The van der Waals surface area contributed by atoms with Crippen molar-refractivity contribution in [2.75, 3.05) is 31.1 Å². The number of H-pyrrole nitrogens is 1. The van der Waals surface area contributed by atoms with Gasteiger partial charge in [-0.3, -0.25) is 5.10 Å². The van der Waals surface area contributed by atoms with Gasteiger partial charge in [0, 0.05) is 31.6 Å². The maximum atomic E-state index is 4.43. The molecule has 1 fully saturated rings. The van der Waals surface area contributed by atoms with E-state index >= 15 is 0 Å². The summed E-state index contributed by atoms with van der Waals surface area (Å²) in [5.74, 6) is 1.10. The summed E-state index contributed by atoms with van der Waals surface area (Å²) >= 11 is 0. The van der Waals surface area contributed by atoms with Gasteiger partial charge in [0.15, 0.2) is 5.82 Å². The van der Waals surface area contributed by atoms with Gasteiger partial charge in [0.25, 0.3) is 0 Å². The number of aromatic amines is 1. The molecule has 0 aliphatic carbocycles. The molecule has 0 unspecified atom stereocenters. The van der Waals surface area contributed by atoms with E-state index in [-0.39, 0.29) is 0 Å². The van der Waals surface area contributed by atoms with Gasteiger partial charge >= 0.3 is 0 Å². The summed E-state index contributed by atoms with van der Waals surface area (Å²) in [6.45, 7) is 10.3. The van der Waals surface area contributed by atoms with Gasteiger partial charge in [0.2, 0.25) is 0 Å². The Morgan fingerprint density at radius 1 is 1.17 bits per heavy atom. The lowest BCUT2D eigenvalue weighted by molar-refractivity contribution is 0.585. The number of aryl methyl sites for hydroxylation is 1. The number of aromatic nitrogens is 2. The molecule has 0 radical (unpaired) electrons. The highest BCUT2D eigenvalue weighted by Gasteiger charge is 2.15. The van der Waals surface area contributed by atoms with Crippen LogP contribution in [0.1, 0.15) is 19.4 Å². The Hall–Kier alpha value is -1.55. The average Bonchev–Trinajstić information content (AvgIpc) is 2.85. The summed E-state index contributed by atoms with van der Waals surface area (Å²) in [4.78, 5) is 2.34. The standard InChI is InChI=1S/C12H16N4.C2H6/c1-9-2-3-11-10(8-9)12(15-14-11)16-6-4-13-5-7-16;1-2/h2-3,8,13H,4-7H2,1H3,(H,14,15);1-2H3. The molecule has 2 N–H and O–H groups in total. The molecule has 98 valence electrons. The normalized spacial score (nSPS) is 15.4. The third-order valence-corrected chi connectivity index (χ3v) is 3.11. The van der Waals surface area contributed by atoms with Crippen molar-refractivity contribution in [3.05, 3.63) is 23.8 Å². The smallest absolute Gasteiger partial charge is 0.158 e. The zero-order valence-corrected chi connectivity index (χ0v) is 11.5. The third-order valence-electron chi connectivity index (χ3n) is 3.11. The topological polar surface area (TPSA) is 44.0 Å². The first kappa shape index (κ1) is 12.9. The number of nitrogens with zero attached hydrogens (tertiary/aromatic N) is 2. The van der Waals surface area contributed by atoms with E-state index in [9.17, 15) is 0 Å². The quantitative estimate of drug-likeness (QED) is 0.811. The molecule has 1 aliphatic heterocycles. The van der Waals surface area contributed by atoms with E-state index in [1.165, 1.54) is 10.9 Å². The minimum atomic E-state index is 1.04. The molecular formula is C14H22N4. The van der Waals surface area contributed by atoms with Gasteiger partial charge in [-0.25, -0.2) is 0 Å². The zero-order valence-electron chi connectivity index (χ0n) is 11.5. The Kier molecular flexibility index (Phi) is 4.20. The molecule has 4 heteroatoms. The first-order chi connectivity index (χ1) is 8.84. The number of nitrogens with one attached hydrogen (secondary N) is 2. The van der Waals surface area contributed by atoms with Gasteiger partial charge in [0.05, 0.1) is 5.52 Å². The summed E-state index contributed by atoms with van der Waals surface area (Å²) in [5.41, 5.74) is 2.41. The summed E-state index contributed by atoms with van der Waals surface area (Å²) < 4.78 is 0. The molecule has 4 nitrogen and oxygen atoms in total. The molecule has 1 aliphatic rings. The average molecular weight is 246 g/mol. The molecule has 0 atom stereocenters. The summed E-state index contributed by atoms with van der Waals surface area (Å²) in [6, 6.07) is 6.42. The second-order valence-electron chi connectivity index (χ2n) is 4.33. The number of fused-ring (bicyclic) bond motifs is 1. The molecule has 0 bridgehead atoms. The van der Waals surface area contributed by atoms with Crippen LogP contribution in [0.15, 0.2) is 18.2 Å². The predicted octanol–water partition coefficient (Wildman–Crippen LogP) is 2.31. The van der Waals surface area contributed by atoms with Crippen molar-refractivity contribution in [3.63, 3.8) is 0 Å². The first-order valence-electron chi connectivity index (χ1n) is 6.75. The van der Waals surface area contributed by atoms with Crippen LogP contribution < -0.4 is 10.2 Å². The van der Waals surface area contributed by atoms with Gasteiger partial charge in [-0.05, 0) is 19.1 Å². The molecule has 2 heterocycles. The van der Waals surface area contributed by atoms with Crippen LogP contribution in [0.4, 0.5) is 5.82 Å². The van der Waals surface area contributed by atoms with Crippen molar-refractivity contribution in [3.8, 4) is 0 Å². The number of anilines is 1. The minimum Gasteiger partial charge on any atom is -0.352 e. The number of hydrogen-bond donors (Lipinski definition) is 2. The van der Waals surface area contributed by atoms with Crippen LogP contribution in [-0.2, 0) is 0 Å². The first-order valence-corrected chi connectivity index (χ1v) is 6.75. The molecule has 1 saturated heterocycles. The van der Waals surface area contributed by atoms with E-state index in [0.29, 0.717) is 0 Å². The van der Waals surface area contributed by atoms with Gasteiger partial charge < -0.3 is 10.2 Å². The van der Waals surface area contributed by atoms with Crippen molar-refractivity contribution < 1.29 is 0 Å². The van der Waals surface area contributed by atoms with Gasteiger partial charge in [-0.1, -0.05) is 25.5 Å². The zero-order chi connectivity index (χ0) is 13.0.